The van der Waals surface area contributed by atoms with E-state index in [9.17, 15) is 32.3 Å². The maximum Gasteiger partial charge on any atom is 0.573 e. The molecule has 44 heavy (non-hydrogen) atoms. The smallest absolute Gasteiger partial charge is 0.404 e. The number of anilines is 3. The third kappa shape index (κ3) is 6.89. The molecule has 1 fully saturated rings. The summed E-state index contributed by atoms with van der Waals surface area (Å²) in [7, 11) is 3.11. The van der Waals surface area contributed by atoms with Gasteiger partial charge in [0.25, 0.3) is 5.91 Å². The molecular formula is C29H30F3N7O5. The molecular weight excluding hydrogens is 583 g/mol. The molecule has 12 nitrogen and oxygen atoms in total. The van der Waals surface area contributed by atoms with Crippen LogP contribution in [0, 0.1) is 0 Å². The molecule has 1 aliphatic heterocycles. The van der Waals surface area contributed by atoms with Crippen LogP contribution in [0.5, 0.6) is 5.75 Å². The van der Waals surface area contributed by atoms with Gasteiger partial charge in [-0.15, -0.1) is 13.2 Å². The van der Waals surface area contributed by atoms with Crippen LogP contribution in [0.15, 0.2) is 66.9 Å². The van der Waals surface area contributed by atoms with Gasteiger partial charge < -0.3 is 25.6 Å². The lowest BCUT2D eigenvalue weighted by atomic mass is 10.0. The molecule has 2 heterocycles. The van der Waals surface area contributed by atoms with Gasteiger partial charge in [0.15, 0.2) is 5.75 Å². The molecule has 0 bridgehead atoms. The van der Waals surface area contributed by atoms with Gasteiger partial charge in [-0.25, -0.2) is 19.5 Å². The molecule has 1 saturated heterocycles. The number of nitrogens with two attached hydrogens (primary N) is 1. The van der Waals surface area contributed by atoms with Crippen molar-refractivity contribution in [3.63, 3.8) is 0 Å². The van der Waals surface area contributed by atoms with Crippen LogP contribution in [0.1, 0.15) is 31.0 Å². The molecule has 0 aliphatic carbocycles. The van der Waals surface area contributed by atoms with Crippen LogP contribution in [-0.4, -0.2) is 64.7 Å². The lowest BCUT2D eigenvalue weighted by Crippen LogP contribution is -2.43. The van der Waals surface area contributed by atoms with E-state index in [-0.39, 0.29) is 18.1 Å². The number of carbonyl (C=O) groups excluding carboxylic acids is 4. The van der Waals surface area contributed by atoms with Crippen molar-refractivity contribution in [2.24, 2.45) is 5.73 Å². The van der Waals surface area contributed by atoms with Crippen LogP contribution in [0.2, 0.25) is 0 Å². The molecule has 4 rings (SSSR count). The van der Waals surface area contributed by atoms with Gasteiger partial charge in [0.1, 0.15) is 17.4 Å². The molecule has 1 aromatic heterocycles. The van der Waals surface area contributed by atoms with Crippen LogP contribution < -0.4 is 26.0 Å². The summed E-state index contributed by atoms with van der Waals surface area (Å²) in [5.41, 5.74) is 5.02. The number of halogens is 3. The fourth-order valence-corrected chi connectivity index (χ4v) is 4.36. The maximum absolute atomic E-state index is 13.6. The zero-order chi connectivity index (χ0) is 32.4. The molecule has 6 amide bonds. The number of nitrogens with zero attached hydrogens (tertiary/aromatic N) is 4. The van der Waals surface area contributed by atoms with Crippen LogP contribution in [0.3, 0.4) is 0 Å². The van der Waals surface area contributed by atoms with Gasteiger partial charge >= 0.3 is 18.4 Å². The van der Waals surface area contributed by atoms with Gasteiger partial charge in [-0.2, -0.15) is 0 Å². The first-order valence-corrected chi connectivity index (χ1v) is 13.2. The molecule has 3 aromatic rings. The molecule has 15 heteroatoms. The van der Waals surface area contributed by atoms with Crippen molar-refractivity contribution >= 4 is 41.1 Å². The fraction of sp³-hybridized carbons (Fsp3) is 0.276. The second-order valence-corrected chi connectivity index (χ2v) is 10.5. The third-order valence-electron chi connectivity index (χ3n) is 6.78. The Morgan fingerprint density at radius 3 is 2.36 bits per heavy atom. The quantitative estimate of drug-likeness (QED) is 0.318. The number of urea groups is 2. The summed E-state index contributed by atoms with van der Waals surface area (Å²) < 4.78 is 43.7. The Bertz CT molecular complexity index is 1580. The standard InChI is InChI=1S/C29H30F3N7O5/c1-28(2)25(41)39(27(43)38(28)16-17-12-13-34-22(14-17)36-26(42)37(3)4)19-10-11-21(44-29(30,31)32)20(15-19)35-24(40)23(33)18-8-6-5-7-9-18/h5-15,23H,16,33H2,1-4H3,(H,35,40)(H,34,36,42). The van der Waals surface area contributed by atoms with Gasteiger partial charge in [-0.3, -0.25) is 14.9 Å². The SMILES string of the molecule is CN(C)C(=O)Nc1cc(CN2C(=O)N(c3ccc(OC(F)(F)F)c(NC(=O)C(N)c4ccccc4)c3)C(=O)C2(C)C)ccn1. The minimum absolute atomic E-state index is 0.0633. The number of alkyl halides is 3. The van der Waals surface area contributed by atoms with Crippen molar-refractivity contribution in [2.45, 2.75) is 38.3 Å². The highest BCUT2D eigenvalue weighted by molar-refractivity contribution is 6.23. The average Bonchev–Trinajstić information content (AvgIpc) is 3.12. The summed E-state index contributed by atoms with van der Waals surface area (Å²) in [6.45, 7) is 2.98. The van der Waals surface area contributed by atoms with E-state index in [1.807, 2.05) is 0 Å². The largest absolute Gasteiger partial charge is 0.573 e. The predicted octanol–water partition coefficient (Wildman–Crippen LogP) is 4.46. The van der Waals surface area contributed by atoms with E-state index >= 15 is 0 Å². The number of hydrogen-bond donors (Lipinski definition) is 3. The van der Waals surface area contributed by atoms with Crippen molar-refractivity contribution in [1.82, 2.24) is 14.8 Å². The molecule has 2 aromatic carbocycles. The lowest BCUT2D eigenvalue weighted by Gasteiger charge is -2.27. The number of carbonyl (C=O) groups is 4. The first-order chi connectivity index (χ1) is 20.6. The highest BCUT2D eigenvalue weighted by Crippen LogP contribution is 2.38. The van der Waals surface area contributed by atoms with E-state index < -0.39 is 53.3 Å². The molecule has 1 unspecified atom stereocenters. The van der Waals surface area contributed by atoms with Crippen molar-refractivity contribution in [3.05, 3.63) is 78.0 Å². The molecule has 0 spiro atoms. The average molecular weight is 614 g/mol. The lowest BCUT2D eigenvalue weighted by molar-refractivity contribution is -0.274. The summed E-state index contributed by atoms with van der Waals surface area (Å²) in [6.07, 6.45) is -3.67. The predicted molar refractivity (Wildman–Crippen MR) is 155 cm³/mol. The van der Waals surface area contributed by atoms with E-state index in [0.29, 0.717) is 11.1 Å². The van der Waals surface area contributed by atoms with E-state index in [0.717, 1.165) is 23.1 Å². The van der Waals surface area contributed by atoms with Crippen molar-refractivity contribution < 1.29 is 37.1 Å². The molecule has 1 atom stereocenters. The van der Waals surface area contributed by atoms with Gasteiger partial charge in [-0.1, -0.05) is 30.3 Å². The van der Waals surface area contributed by atoms with Crippen LogP contribution in [-0.2, 0) is 16.1 Å². The molecule has 232 valence electrons. The Morgan fingerprint density at radius 1 is 1.05 bits per heavy atom. The van der Waals surface area contributed by atoms with Crippen LogP contribution >= 0.6 is 0 Å². The summed E-state index contributed by atoms with van der Waals surface area (Å²) >= 11 is 0. The Morgan fingerprint density at radius 2 is 1.73 bits per heavy atom. The maximum atomic E-state index is 13.6. The van der Waals surface area contributed by atoms with Gasteiger partial charge in [0.05, 0.1) is 11.4 Å². The van der Waals surface area contributed by atoms with E-state index in [2.05, 4.69) is 20.4 Å². The number of imide groups is 1. The normalized spacial score (nSPS) is 15.2. The van der Waals surface area contributed by atoms with Crippen molar-refractivity contribution in [2.75, 3.05) is 29.6 Å². The number of pyridine rings is 1. The zero-order valence-electron chi connectivity index (χ0n) is 24.2. The molecule has 0 saturated carbocycles. The first-order valence-electron chi connectivity index (χ1n) is 13.2. The van der Waals surface area contributed by atoms with Gasteiger partial charge in [0, 0.05) is 26.8 Å². The Kier molecular flexibility index (Phi) is 8.81. The summed E-state index contributed by atoms with van der Waals surface area (Å²) in [5.74, 6) is -2.06. The van der Waals surface area contributed by atoms with Crippen molar-refractivity contribution in [3.8, 4) is 5.75 Å². The highest BCUT2D eigenvalue weighted by atomic mass is 19.4. The minimum atomic E-state index is -5.10. The number of ether oxygens (including phenoxy) is 1. The van der Waals surface area contributed by atoms with Crippen LogP contribution in [0.4, 0.5) is 40.0 Å². The summed E-state index contributed by atoms with van der Waals surface area (Å²) in [5, 5.41) is 4.93. The summed E-state index contributed by atoms with van der Waals surface area (Å²) in [4.78, 5) is 59.6. The van der Waals surface area contributed by atoms with Gasteiger partial charge in [-0.05, 0) is 55.3 Å². The topological polar surface area (TPSA) is 150 Å². The van der Waals surface area contributed by atoms with E-state index in [1.165, 1.54) is 29.8 Å². The Hall–Kier alpha value is -5.18. The monoisotopic (exact) mass is 613 g/mol. The van der Waals surface area contributed by atoms with E-state index in [1.54, 1.807) is 56.6 Å². The first kappa shape index (κ1) is 31.7. The number of amides is 6. The van der Waals surface area contributed by atoms with Crippen molar-refractivity contribution in [1.29, 1.82) is 0 Å². The summed E-state index contributed by atoms with van der Waals surface area (Å²) in [6, 6.07) is 11.9. The highest BCUT2D eigenvalue weighted by Gasteiger charge is 2.52. The number of benzene rings is 2. The molecule has 4 N–H and O–H groups in total. The number of aromatic nitrogens is 1. The van der Waals surface area contributed by atoms with E-state index in [4.69, 9.17) is 5.73 Å². The van der Waals surface area contributed by atoms with Crippen LogP contribution in [0.25, 0.3) is 0 Å². The fourth-order valence-electron chi connectivity index (χ4n) is 4.36. The number of hydrogen-bond acceptors (Lipinski definition) is 7. The minimum Gasteiger partial charge on any atom is -0.404 e. The number of rotatable bonds is 8. The second kappa shape index (κ2) is 12.2. The Balaban J connectivity index is 1.64. The molecule has 1 aliphatic rings. The van der Waals surface area contributed by atoms with Gasteiger partial charge in [0.2, 0.25) is 5.91 Å². The number of nitrogens with one attached hydrogen (secondary N) is 2. The zero-order valence-corrected chi connectivity index (χ0v) is 24.2. The second-order valence-electron chi connectivity index (χ2n) is 10.5. The Labute approximate surface area is 250 Å². The third-order valence-corrected chi connectivity index (χ3v) is 6.78. The molecule has 0 radical (unpaired) electrons.